The normalized spacial score (nSPS) is 19.1. The third kappa shape index (κ3) is 10.7. The van der Waals surface area contributed by atoms with Crippen LogP contribution in [-0.4, -0.2) is 86.5 Å². The monoisotopic (exact) mass is 342 g/mol. The number of hydrogen-bond acceptors (Lipinski definition) is 6. The first-order valence-electron chi connectivity index (χ1n) is 5.51. The Morgan fingerprint density at radius 3 is 1.26 bits per heavy atom. The van der Waals surface area contributed by atoms with Gasteiger partial charge in [-0.05, 0) is 0 Å². The summed E-state index contributed by atoms with van der Waals surface area (Å²) in [4.78, 5) is 3.77. The van der Waals surface area contributed by atoms with E-state index in [1.165, 1.54) is 0 Å². The summed E-state index contributed by atoms with van der Waals surface area (Å²) < 4.78 is 59.5. The largest absolute Gasteiger partial charge is 1.00 e. The van der Waals surface area contributed by atoms with Crippen molar-refractivity contribution in [1.82, 2.24) is 9.80 Å². The van der Waals surface area contributed by atoms with Crippen LogP contribution in [0.3, 0.4) is 0 Å². The molecule has 1 saturated heterocycles. The Morgan fingerprint density at radius 2 is 1.05 bits per heavy atom. The molecule has 0 aromatic carbocycles. The van der Waals surface area contributed by atoms with E-state index in [2.05, 4.69) is 0 Å². The molecule has 0 aromatic heterocycles. The minimum Gasteiger partial charge on any atom is -1.00 e. The summed E-state index contributed by atoms with van der Waals surface area (Å²) in [6, 6.07) is 0. The molecular weight excluding hydrogens is 323 g/mol. The molecule has 1 fully saturated rings. The van der Waals surface area contributed by atoms with Gasteiger partial charge in [0, 0.05) is 39.3 Å². The fourth-order valence-electron chi connectivity index (χ4n) is 1.73. The summed E-state index contributed by atoms with van der Waals surface area (Å²) in [6.45, 7) is 2.99. The predicted octanol–water partition coefficient (Wildman–Crippen LogP) is -4.50. The van der Waals surface area contributed by atoms with Crippen molar-refractivity contribution in [3.63, 3.8) is 0 Å². The van der Waals surface area contributed by atoms with Crippen LogP contribution in [0, 0.1) is 0 Å². The Bertz CT molecular complexity index is 419. The Kier molecular flexibility index (Phi) is 9.36. The van der Waals surface area contributed by atoms with Crippen LogP contribution in [0.25, 0.3) is 0 Å². The summed E-state index contributed by atoms with van der Waals surface area (Å²) in [7, 11) is -7.87. The quantitative estimate of drug-likeness (QED) is 0.367. The molecule has 0 aliphatic carbocycles. The van der Waals surface area contributed by atoms with Crippen molar-refractivity contribution in [2.75, 3.05) is 50.8 Å². The second kappa shape index (κ2) is 8.73. The van der Waals surface area contributed by atoms with E-state index in [-0.39, 0.29) is 77.4 Å². The van der Waals surface area contributed by atoms with Crippen LogP contribution in [0.1, 0.15) is 1.43 Å². The third-order valence-corrected chi connectivity index (χ3v) is 4.19. The minimum absolute atomic E-state index is 0. The average Bonchev–Trinajstić information content (AvgIpc) is 2.23. The van der Waals surface area contributed by atoms with Crippen LogP contribution in [0.4, 0.5) is 0 Å². The van der Waals surface area contributed by atoms with Crippen LogP contribution in [-0.2, 0) is 20.2 Å². The molecule has 0 bridgehead atoms. The molecule has 110 valence electrons. The van der Waals surface area contributed by atoms with Gasteiger partial charge in [-0.1, -0.05) is 0 Å². The van der Waals surface area contributed by atoms with E-state index in [9.17, 15) is 16.8 Å². The van der Waals surface area contributed by atoms with Gasteiger partial charge in [-0.3, -0.25) is 18.9 Å². The average molecular weight is 342 g/mol. The number of hydrogen-bond donors (Lipinski definition) is 2. The van der Waals surface area contributed by atoms with Crippen molar-refractivity contribution in [3.8, 4) is 0 Å². The number of piperazine rings is 1. The van der Waals surface area contributed by atoms with Crippen molar-refractivity contribution < 1.29 is 78.8 Å². The molecule has 0 atom stereocenters. The van der Waals surface area contributed by atoms with E-state index < -0.39 is 20.2 Å². The molecule has 19 heavy (non-hydrogen) atoms. The molecule has 0 saturated carbocycles. The Labute approximate surface area is 157 Å². The molecule has 0 spiro atoms. The van der Waals surface area contributed by atoms with E-state index in [0.717, 1.165) is 0 Å². The van der Waals surface area contributed by atoms with Crippen molar-refractivity contribution in [2.45, 2.75) is 0 Å². The maximum Gasteiger partial charge on any atom is 1.00 e. The van der Waals surface area contributed by atoms with Gasteiger partial charge in [-0.2, -0.15) is 16.8 Å². The maximum atomic E-state index is 10.6. The second-order valence-corrected chi connectivity index (χ2v) is 7.40. The van der Waals surface area contributed by atoms with Gasteiger partial charge >= 0.3 is 51.4 Å². The van der Waals surface area contributed by atoms with Crippen LogP contribution >= 0.6 is 0 Å². The molecule has 1 rings (SSSR count). The number of nitrogens with zero attached hydrogens (tertiary/aromatic N) is 2. The predicted molar refractivity (Wildman–Crippen MR) is 66.8 cm³/mol. The van der Waals surface area contributed by atoms with Gasteiger partial charge in [0.2, 0.25) is 0 Å². The van der Waals surface area contributed by atoms with Crippen LogP contribution in [0.2, 0.25) is 0 Å². The molecule has 0 aromatic rings. The Hall–Kier alpha value is 1.38. The first-order chi connectivity index (χ1) is 8.16. The molecule has 0 radical (unpaired) electrons. The van der Waals surface area contributed by atoms with E-state index in [1.807, 2.05) is 9.80 Å². The van der Waals surface area contributed by atoms with Gasteiger partial charge < -0.3 is 1.43 Å². The first kappa shape index (κ1) is 20.4. The standard InChI is InChI=1S/C8H18N2O6S2.K.H/c11-17(12,13)7-5-9-1-2-10(4-3-9)6-8-18(14,15)16;;/h1-8H2,(H,11,12,13)(H,14,15,16);;/q;+1;-1. The zero-order chi connectivity index (χ0) is 13.8. The first-order valence-corrected chi connectivity index (χ1v) is 8.72. The van der Waals surface area contributed by atoms with E-state index in [0.29, 0.717) is 26.2 Å². The zero-order valence-electron chi connectivity index (χ0n) is 11.9. The van der Waals surface area contributed by atoms with E-state index in [4.69, 9.17) is 9.11 Å². The van der Waals surface area contributed by atoms with E-state index >= 15 is 0 Å². The molecule has 2 N–H and O–H groups in total. The topological polar surface area (TPSA) is 115 Å². The Balaban J connectivity index is 0. The van der Waals surface area contributed by atoms with Crippen molar-refractivity contribution >= 4 is 20.2 Å². The van der Waals surface area contributed by atoms with E-state index in [1.54, 1.807) is 0 Å². The van der Waals surface area contributed by atoms with Gasteiger partial charge in [0.1, 0.15) is 0 Å². The molecule has 1 aliphatic heterocycles. The van der Waals surface area contributed by atoms with Crippen LogP contribution < -0.4 is 51.4 Å². The zero-order valence-corrected chi connectivity index (χ0v) is 15.7. The number of rotatable bonds is 6. The van der Waals surface area contributed by atoms with Crippen LogP contribution in [0.15, 0.2) is 0 Å². The van der Waals surface area contributed by atoms with Gasteiger partial charge in [-0.15, -0.1) is 0 Å². The maximum absolute atomic E-state index is 10.6. The molecule has 0 unspecified atom stereocenters. The van der Waals surface area contributed by atoms with Gasteiger partial charge in [0.05, 0.1) is 11.5 Å². The molecule has 0 amide bonds. The van der Waals surface area contributed by atoms with Crippen molar-refractivity contribution in [2.24, 2.45) is 0 Å². The molecule has 8 nitrogen and oxygen atoms in total. The fourth-order valence-corrected chi connectivity index (χ4v) is 2.70. The Morgan fingerprint density at radius 1 is 0.789 bits per heavy atom. The summed E-state index contributed by atoms with van der Waals surface area (Å²) in [5.74, 6) is -0.587. The SMILES string of the molecule is O=S(=O)(O)CCN1CCN(CCS(=O)(=O)O)CC1.[H-].[K+]. The summed E-state index contributed by atoms with van der Waals surface area (Å²) in [5.41, 5.74) is 0. The van der Waals surface area contributed by atoms with Gasteiger partial charge in [0.25, 0.3) is 20.2 Å². The van der Waals surface area contributed by atoms with Crippen molar-refractivity contribution in [3.05, 3.63) is 0 Å². The van der Waals surface area contributed by atoms with Crippen LogP contribution in [0.5, 0.6) is 0 Å². The molecule has 1 heterocycles. The van der Waals surface area contributed by atoms with Gasteiger partial charge in [0.15, 0.2) is 0 Å². The fraction of sp³-hybridized carbons (Fsp3) is 1.00. The summed E-state index contributed by atoms with van der Waals surface area (Å²) >= 11 is 0. The second-order valence-electron chi connectivity index (χ2n) is 4.26. The molecular formula is C8H19KN2O6S2. The van der Waals surface area contributed by atoms with Crippen molar-refractivity contribution in [1.29, 1.82) is 0 Å². The molecule has 1 aliphatic rings. The summed E-state index contributed by atoms with van der Waals surface area (Å²) in [6.07, 6.45) is 0. The minimum atomic E-state index is -3.93. The third-order valence-electron chi connectivity index (χ3n) is 2.80. The smallest absolute Gasteiger partial charge is 1.00 e. The summed E-state index contributed by atoms with van der Waals surface area (Å²) in [5, 5.41) is 0. The molecule has 11 heteroatoms. The van der Waals surface area contributed by atoms with Gasteiger partial charge in [-0.25, -0.2) is 0 Å².